The number of aromatic amines is 1. The molecule has 0 aromatic carbocycles. The lowest BCUT2D eigenvalue weighted by molar-refractivity contribution is -0.389. The topological polar surface area (TPSA) is 108 Å². The number of amides is 1. The van der Waals surface area contributed by atoms with Crippen molar-refractivity contribution in [3.8, 4) is 0 Å². The van der Waals surface area contributed by atoms with Gasteiger partial charge in [0.15, 0.2) is 5.69 Å². The summed E-state index contributed by atoms with van der Waals surface area (Å²) in [7, 11) is 0. The molecule has 0 aliphatic heterocycles. The SMILES string of the molecule is CC(O)CCCNC(=O)c1ccc([N+](=O)[O-])[nH]1. The molecule has 0 aliphatic carbocycles. The second-order valence-electron chi connectivity index (χ2n) is 3.76. The minimum Gasteiger partial charge on any atom is -0.393 e. The Labute approximate surface area is 98.0 Å². The number of rotatable bonds is 6. The first-order valence-corrected chi connectivity index (χ1v) is 5.30. The molecule has 3 N–H and O–H groups in total. The van der Waals surface area contributed by atoms with E-state index < -0.39 is 11.0 Å². The lowest BCUT2D eigenvalue weighted by atomic mass is 10.2. The van der Waals surface area contributed by atoms with E-state index in [0.717, 1.165) is 0 Å². The molecule has 1 atom stereocenters. The molecule has 0 radical (unpaired) electrons. The molecule has 7 nitrogen and oxygen atoms in total. The molecular formula is C10H15N3O4. The summed E-state index contributed by atoms with van der Waals surface area (Å²) in [6.45, 7) is 2.10. The Hall–Kier alpha value is -1.89. The summed E-state index contributed by atoms with van der Waals surface area (Å²) in [5.74, 6) is -0.595. The van der Waals surface area contributed by atoms with Crippen LogP contribution in [0.4, 0.5) is 5.82 Å². The molecule has 0 saturated carbocycles. The quantitative estimate of drug-likeness (QED) is 0.389. The van der Waals surface area contributed by atoms with Crippen LogP contribution in [0.2, 0.25) is 0 Å². The van der Waals surface area contributed by atoms with Crippen LogP contribution in [0.25, 0.3) is 0 Å². The Morgan fingerprint density at radius 3 is 2.88 bits per heavy atom. The van der Waals surface area contributed by atoms with Crippen LogP contribution in [0, 0.1) is 10.1 Å². The van der Waals surface area contributed by atoms with Gasteiger partial charge in [0, 0.05) is 12.6 Å². The number of nitrogens with one attached hydrogen (secondary N) is 2. The average Bonchev–Trinajstić information content (AvgIpc) is 2.73. The molecule has 1 aromatic rings. The fourth-order valence-corrected chi connectivity index (χ4v) is 1.32. The lowest BCUT2D eigenvalue weighted by Crippen LogP contribution is -2.25. The zero-order valence-electron chi connectivity index (χ0n) is 9.47. The molecule has 0 fully saturated rings. The highest BCUT2D eigenvalue weighted by molar-refractivity contribution is 5.92. The van der Waals surface area contributed by atoms with Crippen LogP contribution in [0.5, 0.6) is 0 Å². The molecule has 1 amide bonds. The number of hydrogen-bond donors (Lipinski definition) is 3. The third-order valence-electron chi connectivity index (χ3n) is 2.20. The summed E-state index contributed by atoms with van der Waals surface area (Å²) in [4.78, 5) is 23.7. The minimum atomic E-state index is -0.593. The van der Waals surface area contributed by atoms with E-state index in [0.29, 0.717) is 19.4 Å². The monoisotopic (exact) mass is 241 g/mol. The third kappa shape index (κ3) is 4.23. The first kappa shape index (κ1) is 13.2. The van der Waals surface area contributed by atoms with Gasteiger partial charge in [-0.15, -0.1) is 0 Å². The van der Waals surface area contributed by atoms with Crippen LogP contribution >= 0.6 is 0 Å². The molecule has 1 heterocycles. The molecule has 0 bridgehead atoms. The second-order valence-corrected chi connectivity index (χ2v) is 3.76. The Morgan fingerprint density at radius 1 is 1.65 bits per heavy atom. The summed E-state index contributed by atoms with van der Waals surface area (Å²) < 4.78 is 0. The predicted molar refractivity (Wildman–Crippen MR) is 60.7 cm³/mol. The van der Waals surface area contributed by atoms with Crippen molar-refractivity contribution in [3.05, 3.63) is 27.9 Å². The maximum absolute atomic E-state index is 11.5. The Kier molecular flexibility index (Phi) is 4.65. The summed E-state index contributed by atoms with van der Waals surface area (Å²) in [5.41, 5.74) is 0.161. The molecule has 1 aromatic heterocycles. The maximum atomic E-state index is 11.5. The van der Waals surface area contributed by atoms with Gasteiger partial charge in [-0.05, 0) is 30.8 Å². The van der Waals surface area contributed by atoms with E-state index in [2.05, 4.69) is 10.3 Å². The number of hydrogen-bond acceptors (Lipinski definition) is 4. The number of H-pyrrole nitrogens is 1. The van der Waals surface area contributed by atoms with Crippen LogP contribution < -0.4 is 5.32 Å². The zero-order chi connectivity index (χ0) is 12.8. The Morgan fingerprint density at radius 2 is 2.35 bits per heavy atom. The van der Waals surface area contributed by atoms with Crippen molar-refractivity contribution in [1.82, 2.24) is 10.3 Å². The van der Waals surface area contributed by atoms with E-state index in [9.17, 15) is 14.9 Å². The van der Waals surface area contributed by atoms with Crippen LogP contribution in [0.1, 0.15) is 30.3 Å². The largest absolute Gasteiger partial charge is 0.393 e. The van der Waals surface area contributed by atoms with Gasteiger partial charge in [0.2, 0.25) is 0 Å². The van der Waals surface area contributed by atoms with Crippen LogP contribution in [0.15, 0.2) is 12.1 Å². The minimum absolute atomic E-state index is 0.161. The van der Waals surface area contributed by atoms with Crippen LogP contribution in [-0.4, -0.2) is 33.6 Å². The Bertz CT molecular complexity index is 400. The van der Waals surface area contributed by atoms with Crippen molar-refractivity contribution < 1.29 is 14.8 Å². The van der Waals surface area contributed by atoms with E-state index in [1.807, 2.05) is 0 Å². The highest BCUT2D eigenvalue weighted by atomic mass is 16.6. The summed E-state index contributed by atoms with van der Waals surface area (Å²) in [6, 6.07) is 2.60. The average molecular weight is 241 g/mol. The van der Waals surface area contributed by atoms with Crippen molar-refractivity contribution in [2.75, 3.05) is 6.54 Å². The van der Waals surface area contributed by atoms with Crippen LogP contribution in [0.3, 0.4) is 0 Å². The predicted octanol–water partition coefficient (Wildman–Crippen LogP) is 0.814. The Balaban J connectivity index is 2.39. The van der Waals surface area contributed by atoms with Crippen molar-refractivity contribution in [2.24, 2.45) is 0 Å². The lowest BCUT2D eigenvalue weighted by Gasteiger charge is -2.04. The van der Waals surface area contributed by atoms with Gasteiger partial charge in [-0.1, -0.05) is 0 Å². The number of nitrogens with zero attached hydrogens (tertiary/aromatic N) is 1. The van der Waals surface area contributed by atoms with Crippen molar-refractivity contribution in [1.29, 1.82) is 0 Å². The fourth-order valence-electron chi connectivity index (χ4n) is 1.32. The van der Waals surface area contributed by atoms with E-state index in [1.165, 1.54) is 12.1 Å². The highest BCUT2D eigenvalue weighted by Gasteiger charge is 2.14. The molecule has 0 saturated heterocycles. The fraction of sp³-hybridized carbons (Fsp3) is 0.500. The summed E-state index contributed by atoms with van der Waals surface area (Å²) in [6.07, 6.45) is 0.871. The van der Waals surface area contributed by atoms with Crippen molar-refractivity contribution >= 4 is 11.7 Å². The smallest absolute Gasteiger partial charge is 0.321 e. The molecule has 94 valence electrons. The summed E-state index contributed by atoms with van der Waals surface area (Å²) >= 11 is 0. The first-order chi connectivity index (χ1) is 8.00. The summed E-state index contributed by atoms with van der Waals surface area (Å²) in [5, 5.41) is 22.0. The van der Waals surface area contributed by atoms with Gasteiger partial charge in [-0.2, -0.15) is 0 Å². The number of aliphatic hydroxyl groups excluding tert-OH is 1. The number of nitro groups is 1. The number of carbonyl (C=O) groups excluding carboxylic acids is 1. The van der Waals surface area contributed by atoms with E-state index >= 15 is 0 Å². The molecule has 17 heavy (non-hydrogen) atoms. The normalized spacial score (nSPS) is 12.1. The van der Waals surface area contributed by atoms with E-state index in [-0.39, 0.29) is 17.4 Å². The van der Waals surface area contributed by atoms with Crippen molar-refractivity contribution in [2.45, 2.75) is 25.9 Å². The van der Waals surface area contributed by atoms with Gasteiger partial charge >= 0.3 is 5.82 Å². The highest BCUT2D eigenvalue weighted by Crippen LogP contribution is 2.09. The maximum Gasteiger partial charge on any atom is 0.321 e. The van der Waals surface area contributed by atoms with Crippen molar-refractivity contribution in [3.63, 3.8) is 0 Å². The molecule has 0 aliphatic rings. The molecule has 7 heteroatoms. The number of aliphatic hydroxyl groups is 1. The van der Waals surface area contributed by atoms with Gasteiger partial charge in [0.25, 0.3) is 5.91 Å². The van der Waals surface area contributed by atoms with Gasteiger partial charge in [-0.3, -0.25) is 4.79 Å². The van der Waals surface area contributed by atoms with Gasteiger partial charge in [0.05, 0.1) is 6.10 Å². The van der Waals surface area contributed by atoms with Crippen LogP contribution in [-0.2, 0) is 0 Å². The zero-order valence-corrected chi connectivity index (χ0v) is 9.47. The molecular weight excluding hydrogens is 226 g/mol. The number of carbonyl (C=O) groups is 1. The molecule has 0 spiro atoms. The molecule has 1 unspecified atom stereocenters. The molecule has 1 rings (SSSR count). The van der Waals surface area contributed by atoms with E-state index in [4.69, 9.17) is 5.11 Å². The number of aromatic nitrogens is 1. The van der Waals surface area contributed by atoms with E-state index in [1.54, 1.807) is 6.92 Å². The van der Waals surface area contributed by atoms with Gasteiger partial charge in [0.1, 0.15) is 0 Å². The third-order valence-corrected chi connectivity index (χ3v) is 2.20. The first-order valence-electron chi connectivity index (χ1n) is 5.30. The van der Waals surface area contributed by atoms with Gasteiger partial charge in [-0.25, -0.2) is 4.98 Å². The standard InChI is InChI=1S/C10H15N3O4/c1-7(14)3-2-6-11-10(15)8-4-5-9(12-8)13(16)17/h4-5,7,12,14H,2-3,6H2,1H3,(H,11,15). The van der Waals surface area contributed by atoms with Gasteiger partial charge < -0.3 is 20.5 Å². The second kappa shape index (κ2) is 6.00.